The summed E-state index contributed by atoms with van der Waals surface area (Å²) in [4.78, 5) is 40.5. The molecule has 31 heavy (non-hydrogen) atoms. The molecule has 0 aromatic heterocycles. The molecule has 1 atom stereocenters. The Morgan fingerprint density at radius 2 is 1.71 bits per heavy atom. The van der Waals surface area contributed by atoms with Crippen LogP contribution in [-0.4, -0.2) is 60.6 Å². The highest BCUT2D eigenvalue weighted by Gasteiger charge is 2.30. The fraction of sp³-hybridized carbons (Fsp3) is 0.625. The Bertz CT molecular complexity index is 731. The standard InChI is InChI=1S/C24H34N2O5/c1-2-30-23(28)21-9-6-14-26(17-21)22(27)11-10-19-12-15-25(16-13-19)24(29)31-18-20-7-4-3-5-8-20/h3-5,7-8,19,21H,2,6,9-18H2,1H3/t21-/m1/s1. The van der Waals surface area contributed by atoms with Gasteiger partial charge < -0.3 is 19.3 Å². The van der Waals surface area contributed by atoms with Crippen LogP contribution < -0.4 is 0 Å². The van der Waals surface area contributed by atoms with Crippen molar-refractivity contribution in [2.24, 2.45) is 11.8 Å². The van der Waals surface area contributed by atoms with E-state index >= 15 is 0 Å². The second-order valence-corrected chi connectivity index (χ2v) is 8.44. The van der Waals surface area contributed by atoms with Crippen LogP contribution in [0, 0.1) is 11.8 Å². The van der Waals surface area contributed by atoms with Gasteiger partial charge in [-0.15, -0.1) is 0 Å². The minimum atomic E-state index is -0.267. The first-order valence-corrected chi connectivity index (χ1v) is 11.5. The molecule has 0 bridgehead atoms. The number of rotatable bonds is 7. The number of benzene rings is 1. The summed E-state index contributed by atoms with van der Waals surface area (Å²) >= 11 is 0. The first-order chi connectivity index (χ1) is 15.1. The molecule has 2 aliphatic rings. The summed E-state index contributed by atoms with van der Waals surface area (Å²) in [5, 5.41) is 0. The van der Waals surface area contributed by atoms with Crippen LogP contribution in [0.1, 0.15) is 51.0 Å². The van der Waals surface area contributed by atoms with Gasteiger partial charge in [0.25, 0.3) is 0 Å². The number of piperidine rings is 2. The van der Waals surface area contributed by atoms with E-state index in [4.69, 9.17) is 9.47 Å². The van der Waals surface area contributed by atoms with E-state index in [1.165, 1.54) is 0 Å². The van der Waals surface area contributed by atoms with Crippen molar-refractivity contribution in [1.82, 2.24) is 9.80 Å². The molecule has 2 aliphatic heterocycles. The second kappa shape index (κ2) is 11.7. The molecule has 7 nitrogen and oxygen atoms in total. The topological polar surface area (TPSA) is 76.2 Å². The number of nitrogens with zero attached hydrogens (tertiary/aromatic N) is 2. The Balaban J connectivity index is 1.34. The lowest BCUT2D eigenvalue weighted by Crippen LogP contribution is -2.43. The minimum Gasteiger partial charge on any atom is -0.466 e. The van der Waals surface area contributed by atoms with E-state index < -0.39 is 0 Å². The summed E-state index contributed by atoms with van der Waals surface area (Å²) in [6, 6.07) is 9.67. The van der Waals surface area contributed by atoms with Gasteiger partial charge in [0.15, 0.2) is 0 Å². The minimum absolute atomic E-state index is 0.124. The number of carbonyl (C=O) groups excluding carboxylic acids is 3. The third-order valence-electron chi connectivity index (χ3n) is 6.24. The molecule has 170 valence electrons. The van der Waals surface area contributed by atoms with Crippen LogP contribution in [0.3, 0.4) is 0 Å². The normalized spacial score (nSPS) is 19.7. The lowest BCUT2D eigenvalue weighted by Gasteiger charge is -2.33. The molecule has 0 unspecified atom stereocenters. The molecule has 0 aliphatic carbocycles. The van der Waals surface area contributed by atoms with E-state index in [2.05, 4.69) is 0 Å². The lowest BCUT2D eigenvalue weighted by atomic mass is 9.91. The molecule has 1 aromatic rings. The Labute approximate surface area is 184 Å². The van der Waals surface area contributed by atoms with Gasteiger partial charge in [-0.3, -0.25) is 9.59 Å². The van der Waals surface area contributed by atoms with E-state index in [0.29, 0.717) is 38.6 Å². The van der Waals surface area contributed by atoms with Gasteiger partial charge in [0.2, 0.25) is 5.91 Å². The molecule has 0 N–H and O–H groups in total. The highest BCUT2D eigenvalue weighted by atomic mass is 16.6. The van der Waals surface area contributed by atoms with Gasteiger partial charge in [0.05, 0.1) is 12.5 Å². The monoisotopic (exact) mass is 430 g/mol. The summed E-state index contributed by atoms with van der Waals surface area (Å²) in [6.07, 6.45) is 4.47. The van der Waals surface area contributed by atoms with E-state index in [1.54, 1.807) is 11.8 Å². The highest BCUT2D eigenvalue weighted by Crippen LogP contribution is 2.24. The maximum absolute atomic E-state index is 12.6. The van der Waals surface area contributed by atoms with Crippen LogP contribution in [0.2, 0.25) is 0 Å². The fourth-order valence-electron chi connectivity index (χ4n) is 4.36. The van der Waals surface area contributed by atoms with Gasteiger partial charge in [-0.1, -0.05) is 30.3 Å². The second-order valence-electron chi connectivity index (χ2n) is 8.44. The van der Waals surface area contributed by atoms with Gasteiger partial charge in [0, 0.05) is 32.6 Å². The maximum Gasteiger partial charge on any atom is 0.410 e. The number of amides is 2. The Hall–Kier alpha value is -2.57. The molecular weight excluding hydrogens is 396 g/mol. The van der Waals surface area contributed by atoms with Crippen LogP contribution >= 0.6 is 0 Å². The third-order valence-corrected chi connectivity index (χ3v) is 6.24. The van der Waals surface area contributed by atoms with Crippen molar-refractivity contribution in [2.75, 3.05) is 32.8 Å². The Morgan fingerprint density at radius 1 is 0.968 bits per heavy atom. The van der Waals surface area contributed by atoms with Crippen molar-refractivity contribution >= 4 is 18.0 Å². The molecule has 2 fully saturated rings. The van der Waals surface area contributed by atoms with E-state index in [9.17, 15) is 14.4 Å². The van der Waals surface area contributed by atoms with E-state index in [-0.39, 0.29) is 30.5 Å². The van der Waals surface area contributed by atoms with Crippen molar-refractivity contribution in [2.45, 2.75) is 52.1 Å². The van der Waals surface area contributed by atoms with Gasteiger partial charge in [-0.2, -0.15) is 0 Å². The number of ether oxygens (including phenoxy) is 2. The van der Waals surface area contributed by atoms with Gasteiger partial charge in [0.1, 0.15) is 6.61 Å². The van der Waals surface area contributed by atoms with Gasteiger partial charge in [-0.25, -0.2) is 4.79 Å². The molecule has 1 aromatic carbocycles. The summed E-state index contributed by atoms with van der Waals surface area (Å²) in [5.74, 6) is 0.181. The largest absolute Gasteiger partial charge is 0.466 e. The SMILES string of the molecule is CCOC(=O)[C@@H]1CCCN(C(=O)CCC2CCN(C(=O)OCc3ccccc3)CC2)C1. The average Bonchev–Trinajstić information content (AvgIpc) is 2.82. The Morgan fingerprint density at radius 3 is 2.42 bits per heavy atom. The van der Waals surface area contributed by atoms with Crippen molar-refractivity contribution in [3.63, 3.8) is 0 Å². The van der Waals surface area contributed by atoms with Crippen LogP contribution in [0.4, 0.5) is 4.79 Å². The molecule has 7 heteroatoms. The number of esters is 1. The molecule has 3 rings (SSSR count). The van der Waals surface area contributed by atoms with Gasteiger partial charge in [-0.05, 0) is 50.5 Å². The first-order valence-electron chi connectivity index (χ1n) is 11.5. The maximum atomic E-state index is 12.6. The zero-order valence-corrected chi connectivity index (χ0v) is 18.5. The third kappa shape index (κ3) is 6.97. The highest BCUT2D eigenvalue weighted by molar-refractivity contribution is 5.78. The zero-order valence-electron chi connectivity index (χ0n) is 18.5. The number of carbonyl (C=O) groups is 3. The lowest BCUT2D eigenvalue weighted by molar-refractivity contribution is -0.151. The first kappa shape index (κ1) is 23.1. The predicted molar refractivity (Wildman–Crippen MR) is 116 cm³/mol. The number of likely N-dealkylation sites (tertiary alicyclic amines) is 2. The molecule has 2 saturated heterocycles. The summed E-state index contributed by atoms with van der Waals surface area (Å²) in [6.45, 7) is 5.00. The van der Waals surface area contributed by atoms with Crippen LogP contribution in [-0.2, 0) is 25.7 Å². The molecule has 0 spiro atoms. The number of hydrogen-bond donors (Lipinski definition) is 0. The summed E-state index contributed by atoms with van der Waals surface area (Å²) in [7, 11) is 0. The molecule has 2 amide bonds. The fourth-order valence-corrected chi connectivity index (χ4v) is 4.36. The molecule has 0 radical (unpaired) electrons. The molecular formula is C24H34N2O5. The zero-order chi connectivity index (χ0) is 22.1. The Kier molecular flexibility index (Phi) is 8.74. The average molecular weight is 431 g/mol. The summed E-state index contributed by atoms with van der Waals surface area (Å²) < 4.78 is 10.5. The van der Waals surface area contributed by atoms with E-state index in [0.717, 1.165) is 44.2 Å². The quantitative estimate of drug-likeness (QED) is 0.618. The molecule has 2 heterocycles. The van der Waals surface area contributed by atoms with Crippen molar-refractivity contribution in [3.05, 3.63) is 35.9 Å². The van der Waals surface area contributed by atoms with Crippen molar-refractivity contribution in [1.29, 1.82) is 0 Å². The van der Waals surface area contributed by atoms with Crippen molar-refractivity contribution in [3.8, 4) is 0 Å². The van der Waals surface area contributed by atoms with Gasteiger partial charge >= 0.3 is 12.1 Å². The smallest absolute Gasteiger partial charge is 0.410 e. The van der Waals surface area contributed by atoms with Crippen LogP contribution in [0.15, 0.2) is 30.3 Å². The van der Waals surface area contributed by atoms with E-state index in [1.807, 2.05) is 35.2 Å². The number of hydrogen-bond acceptors (Lipinski definition) is 5. The summed E-state index contributed by atoms with van der Waals surface area (Å²) in [5.41, 5.74) is 0.979. The van der Waals surface area contributed by atoms with Crippen molar-refractivity contribution < 1.29 is 23.9 Å². The van der Waals surface area contributed by atoms with Crippen LogP contribution in [0.25, 0.3) is 0 Å². The van der Waals surface area contributed by atoms with Crippen LogP contribution in [0.5, 0.6) is 0 Å². The molecule has 0 saturated carbocycles. The predicted octanol–water partition coefficient (Wildman–Crippen LogP) is 3.62.